The van der Waals surface area contributed by atoms with Gasteiger partial charge in [0.05, 0.1) is 11.7 Å². The van der Waals surface area contributed by atoms with E-state index in [1.165, 1.54) is 0 Å². The Balaban J connectivity index is 1.87. The average molecular weight is 423 g/mol. The van der Waals surface area contributed by atoms with Crippen molar-refractivity contribution in [3.8, 4) is 0 Å². The van der Waals surface area contributed by atoms with Gasteiger partial charge in [0.15, 0.2) is 0 Å². The highest BCUT2D eigenvalue weighted by Gasteiger charge is 2.40. The molecule has 2 saturated heterocycles. The van der Waals surface area contributed by atoms with Crippen molar-refractivity contribution in [2.75, 3.05) is 31.9 Å². The second-order valence-electron chi connectivity index (χ2n) is 8.17. The summed E-state index contributed by atoms with van der Waals surface area (Å²) in [4.78, 5) is 19.4. The molecule has 1 aromatic rings. The number of rotatable bonds is 5. The topological polar surface area (TPSA) is 82.6 Å². The molecule has 2 aliphatic rings. The first-order valence-corrected chi connectivity index (χ1v) is 12.5. The summed E-state index contributed by atoms with van der Waals surface area (Å²) in [5.41, 5.74) is 1.14. The Kier molecular flexibility index (Phi) is 8.03. The smallest absolute Gasteiger partial charge is 0.224 e. The van der Waals surface area contributed by atoms with E-state index in [-0.39, 0.29) is 23.6 Å². The Bertz CT molecular complexity index is 756. The third kappa shape index (κ3) is 5.99. The molecular formula is C21H34N4O3S. The molecule has 7 nitrogen and oxygen atoms in total. The van der Waals surface area contributed by atoms with E-state index in [0.29, 0.717) is 39.0 Å². The average Bonchev–Trinajstić information content (AvgIpc) is 2.75. The molecule has 162 valence electrons. The fraction of sp³-hybridized carbons (Fsp3) is 0.714. The summed E-state index contributed by atoms with van der Waals surface area (Å²) in [6.07, 6.45) is 9.04. The van der Waals surface area contributed by atoms with E-state index in [0.717, 1.165) is 37.8 Å². The highest BCUT2D eigenvalue weighted by atomic mass is 32.2. The SMILES string of the molecule is CCCS(=O)(=O)N1CC[C@H]2C(=O)NCCCCCCN(Cc3ccncc3)[C@@H]2C1. The predicted molar refractivity (Wildman–Crippen MR) is 114 cm³/mol. The van der Waals surface area contributed by atoms with Crippen LogP contribution in [0, 0.1) is 5.92 Å². The molecule has 1 aromatic heterocycles. The number of hydrogen-bond donors (Lipinski definition) is 1. The largest absolute Gasteiger partial charge is 0.356 e. The Hall–Kier alpha value is -1.51. The molecule has 0 aromatic carbocycles. The second kappa shape index (κ2) is 10.5. The first-order chi connectivity index (χ1) is 14.0. The van der Waals surface area contributed by atoms with E-state index in [9.17, 15) is 13.2 Å². The molecule has 0 aliphatic carbocycles. The number of aromatic nitrogens is 1. The van der Waals surface area contributed by atoms with Crippen LogP contribution in [-0.4, -0.2) is 66.5 Å². The van der Waals surface area contributed by atoms with Crippen molar-refractivity contribution in [3.05, 3.63) is 30.1 Å². The van der Waals surface area contributed by atoms with E-state index < -0.39 is 10.0 Å². The molecule has 2 fully saturated rings. The molecule has 0 spiro atoms. The van der Waals surface area contributed by atoms with Crippen LogP contribution < -0.4 is 5.32 Å². The lowest BCUT2D eigenvalue weighted by atomic mass is 9.90. The summed E-state index contributed by atoms with van der Waals surface area (Å²) < 4.78 is 27.1. The number of nitrogens with zero attached hydrogens (tertiary/aromatic N) is 3. The number of piperidine rings is 1. The van der Waals surface area contributed by atoms with Crippen LogP contribution in [0.3, 0.4) is 0 Å². The lowest BCUT2D eigenvalue weighted by Crippen LogP contribution is -2.57. The van der Waals surface area contributed by atoms with Crippen molar-refractivity contribution < 1.29 is 13.2 Å². The molecule has 2 atom stereocenters. The summed E-state index contributed by atoms with van der Waals surface area (Å²) in [6, 6.07) is 3.88. The number of pyridine rings is 1. The van der Waals surface area contributed by atoms with Gasteiger partial charge in [-0.1, -0.05) is 19.8 Å². The first kappa shape index (κ1) is 22.2. The highest BCUT2D eigenvalue weighted by Crippen LogP contribution is 2.27. The number of amides is 1. The molecule has 1 amide bonds. The van der Waals surface area contributed by atoms with Gasteiger partial charge in [-0.05, 0) is 49.9 Å². The standard InChI is InChI=1S/C21H34N4O3S/c1-2-15-29(27,28)25-14-9-19-20(17-25)24(16-18-7-11-22-12-8-18)13-6-4-3-5-10-23-21(19)26/h7-8,11-12,19-20H,2-6,9-10,13-17H2,1H3,(H,23,26)/t19-,20-/m1/s1. The van der Waals surface area contributed by atoms with Crippen molar-refractivity contribution in [1.29, 1.82) is 0 Å². The molecule has 29 heavy (non-hydrogen) atoms. The number of hydrogen-bond acceptors (Lipinski definition) is 5. The van der Waals surface area contributed by atoms with Gasteiger partial charge in [-0.2, -0.15) is 0 Å². The monoisotopic (exact) mass is 422 g/mol. The number of sulfonamides is 1. The summed E-state index contributed by atoms with van der Waals surface area (Å²) in [5, 5.41) is 3.10. The van der Waals surface area contributed by atoms with Crippen molar-refractivity contribution in [2.24, 2.45) is 5.92 Å². The first-order valence-electron chi connectivity index (χ1n) is 10.9. The zero-order valence-electron chi connectivity index (χ0n) is 17.4. The normalized spacial score (nSPS) is 25.6. The molecule has 0 saturated carbocycles. The summed E-state index contributed by atoms with van der Waals surface area (Å²) >= 11 is 0. The molecule has 0 radical (unpaired) electrons. The number of fused-ring (bicyclic) bond motifs is 1. The second-order valence-corrected chi connectivity index (χ2v) is 10.3. The number of carbonyl (C=O) groups excluding carboxylic acids is 1. The summed E-state index contributed by atoms with van der Waals surface area (Å²) in [6.45, 7) is 5.01. The predicted octanol–water partition coefficient (Wildman–Crippen LogP) is 2.00. The maximum Gasteiger partial charge on any atom is 0.224 e. The van der Waals surface area contributed by atoms with E-state index in [1.807, 2.05) is 19.1 Å². The minimum atomic E-state index is -3.28. The molecule has 3 heterocycles. The summed E-state index contributed by atoms with van der Waals surface area (Å²) in [7, 11) is -3.28. The van der Waals surface area contributed by atoms with Crippen molar-refractivity contribution in [3.63, 3.8) is 0 Å². The van der Waals surface area contributed by atoms with E-state index in [1.54, 1.807) is 16.7 Å². The lowest BCUT2D eigenvalue weighted by Gasteiger charge is -2.43. The van der Waals surface area contributed by atoms with Gasteiger partial charge in [-0.25, -0.2) is 12.7 Å². The minimum Gasteiger partial charge on any atom is -0.356 e. The lowest BCUT2D eigenvalue weighted by molar-refractivity contribution is -0.129. The quantitative estimate of drug-likeness (QED) is 0.785. The Labute approximate surface area is 174 Å². The van der Waals surface area contributed by atoms with Gasteiger partial charge in [0.1, 0.15) is 0 Å². The van der Waals surface area contributed by atoms with E-state index in [4.69, 9.17) is 0 Å². The van der Waals surface area contributed by atoms with E-state index >= 15 is 0 Å². The van der Waals surface area contributed by atoms with Gasteiger partial charge in [-0.3, -0.25) is 14.7 Å². The van der Waals surface area contributed by atoms with E-state index in [2.05, 4.69) is 15.2 Å². The van der Waals surface area contributed by atoms with Gasteiger partial charge in [0.2, 0.25) is 15.9 Å². The maximum absolute atomic E-state index is 12.9. The summed E-state index contributed by atoms with van der Waals surface area (Å²) in [5.74, 6) is 0.0631. The molecular weight excluding hydrogens is 388 g/mol. The van der Waals surface area contributed by atoms with Crippen LogP contribution in [0.25, 0.3) is 0 Å². The van der Waals surface area contributed by atoms with Crippen LogP contribution >= 0.6 is 0 Å². The number of carbonyl (C=O) groups is 1. The molecule has 1 N–H and O–H groups in total. The third-order valence-corrected chi connectivity index (χ3v) is 8.05. The fourth-order valence-electron chi connectivity index (χ4n) is 4.44. The molecule has 8 heteroatoms. The maximum atomic E-state index is 12.9. The zero-order chi connectivity index (χ0) is 20.7. The van der Waals surface area contributed by atoms with Crippen LogP contribution in [-0.2, 0) is 21.4 Å². The Morgan fingerprint density at radius 3 is 2.66 bits per heavy atom. The van der Waals surface area contributed by atoms with Gasteiger partial charge >= 0.3 is 0 Å². The van der Waals surface area contributed by atoms with Crippen LogP contribution in [0.15, 0.2) is 24.5 Å². The van der Waals surface area contributed by atoms with Crippen molar-refractivity contribution in [1.82, 2.24) is 19.5 Å². The molecule has 3 rings (SSSR count). The van der Waals surface area contributed by atoms with Crippen LogP contribution in [0.1, 0.15) is 51.0 Å². The van der Waals surface area contributed by atoms with Gasteiger partial charge in [0, 0.05) is 44.6 Å². The Morgan fingerprint density at radius 2 is 1.90 bits per heavy atom. The highest BCUT2D eigenvalue weighted by molar-refractivity contribution is 7.89. The minimum absolute atomic E-state index is 0.0733. The van der Waals surface area contributed by atoms with Gasteiger partial charge < -0.3 is 5.32 Å². The van der Waals surface area contributed by atoms with Gasteiger partial charge in [-0.15, -0.1) is 0 Å². The van der Waals surface area contributed by atoms with Crippen LogP contribution in [0.4, 0.5) is 0 Å². The van der Waals surface area contributed by atoms with Crippen LogP contribution in [0.5, 0.6) is 0 Å². The fourth-order valence-corrected chi connectivity index (χ4v) is 5.98. The molecule has 2 aliphatic heterocycles. The number of nitrogens with one attached hydrogen (secondary N) is 1. The Morgan fingerprint density at radius 1 is 1.14 bits per heavy atom. The van der Waals surface area contributed by atoms with Crippen LogP contribution in [0.2, 0.25) is 0 Å². The molecule has 0 bridgehead atoms. The van der Waals surface area contributed by atoms with Crippen molar-refractivity contribution >= 4 is 15.9 Å². The van der Waals surface area contributed by atoms with Crippen molar-refractivity contribution in [2.45, 2.75) is 58.0 Å². The zero-order valence-corrected chi connectivity index (χ0v) is 18.2. The van der Waals surface area contributed by atoms with Gasteiger partial charge in [0.25, 0.3) is 0 Å². The molecule has 0 unspecified atom stereocenters. The third-order valence-electron chi connectivity index (χ3n) is 6.01.